The Hall–Kier alpha value is -2.18. The number of hydrogen-bond donors (Lipinski definition) is 3. The van der Waals surface area contributed by atoms with Crippen molar-refractivity contribution in [3.63, 3.8) is 0 Å². The molecule has 1 atom stereocenters. The summed E-state index contributed by atoms with van der Waals surface area (Å²) in [6.45, 7) is 8.24. The zero-order chi connectivity index (χ0) is 21.7. The maximum Gasteiger partial charge on any atom is 0.444 e. The van der Waals surface area contributed by atoms with E-state index in [0.717, 1.165) is 11.3 Å². The summed E-state index contributed by atoms with van der Waals surface area (Å²) in [5, 5.41) is 10.6. The molecule has 0 aliphatic heterocycles. The van der Waals surface area contributed by atoms with Gasteiger partial charge in [0.1, 0.15) is 16.8 Å². The van der Waals surface area contributed by atoms with Gasteiger partial charge in [-0.15, -0.1) is 11.3 Å². The van der Waals surface area contributed by atoms with E-state index in [1.807, 2.05) is 0 Å². The van der Waals surface area contributed by atoms with Gasteiger partial charge in [0.25, 0.3) is 0 Å². The summed E-state index contributed by atoms with van der Waals surface area (Å²) in [4.78, 5) is 34.8. The van der Waals surface area contributed by atoms with Crippen LogP contribution >= 0.6 is 11.3 Å². The van der Waals surface area contributed by atoms with Gasteiger partial charge in [0.15, 0.2) is 0 Å². The average Bonchev–Trinajstić information content (AvgIpc) is 2.97. The second-order valence-electron chi connectivity index (χ2n) is 7.32. The summed E-state index contributed by atoms with van der Waals surface area (Å²) < 4.78 is 32.9. The molecule has 0 aromatic carbocycles. The molecule has 0 radical (unpaired) electrons. The van der Waals surface area contributed by atoms with Crippen molar-refractivity contribution >= 4 is 45.6 Å². The molecule has 10 nitrogen and oxygen atoms in total. The van der Waals surface area contributed by atoms with Gasteiger partial charge >= 0.3 is 22.3 Å². The van der Waals surface area contributed by atoms with Crippen LogP contribution in [-0.4, -0.2) is 47.9 Å². The Balaban J connectivity index is 3.25. The van der Waals surface area contributed by atoms with Crippen molar-refractivity contribution < 1.29 is 32.6 Å². The Morgan fingerprint density at radius 1 is 1.36 bits per heavy atom. The van der Waals surface area contributed by atoms with E-state index in [1.54, 1.807) is 34.6 Å². The molecule has 0 unspecified atom stereocenters. The minimum Gasteiger partial charge on any atom is -0.477 e. The number of nitrogens with one attached hydrogen (secondary N) is 2. The monoisotopic (exact) mass is 435 g/mol. The first-order valence-electron chi connectivity index (χ1n) is 8.35. The van der Waals surface area contributed by atoms with Crippen molar-refractivity contribution in [1.82, 2.24) is 9.14 Å². The van der Waals surface area contributed by atoms with Crippen LogP contribution in [0.2, 0.25) is 0 Å². The number of hydrogen-bond acceptors (Lipinski definition) is 8. The molecule has 0 fully saturated rings. The Morgan fingerprint density at radius 3 is 2.43 bits per heavy atom. The minimum atomic E-state index is -4.59. The molecule has 3 N–H and O–H groups in total. The first-order chi connectivity index (χ1) is 12.8. The average molecular weight is 436 g/mol. The molecule has 1 rings (SSSR count). The molecule has 1 aromatic heterocycles. The molecular formula is C16H25N3O7S2. The lowest BCUT2D eigenvalue weighted by molar-refractivity contribution is -0.109. The number of rotatable bonds is 9. The van der Waals surface area contributed by atoms with Crippen molar-refractivity contribution in [1.29, 1.82) is 0 Å². The van der Waals surface area contributed by atoms with Crippen molar-refractivity contribution in [3.8, 4) is 0 Å². The van der Waals surface area contributed by atoms with Gasteiger partial charge < -0.3 is 14.6 Å². The van der Waals surface area contributed by atoms with Gasteiger partial charge in [-0.3, -0.25) is 5.43 Å². The standard InChI is InChI=1S/C16H25N3O7S2/c1-10(2)8-11(9-20)18-28(24,25)19(15(23)26-16(3,4)5)17-12-6-7-27-13(12)14(21)22/h6-7,9-11,17-18H,8H2,1-5H3,(H,21,22)/t11-/m0/s1. The number of anilines is 1. The highest BCUT2D eigenvalue weighted by atomic mass is 32.2. The lowest BCUT2D eigenvalue weighted by Crippen LogP contribution is -2.52. The van der Waals surface area contributed by atoms with Crippen LogP contribution in [0.25, 0.3) is 0 Å². The predicted octanol–water partition coefficient (Wildman–Crippen LogP) is 2.46. The quantitative estimate of drug-likeness (QED) is 0.397. The van der Waals surface area contributed by atoms with Crippen LogP contribution in [-0.2, 0) is 19.7 Å². The lowest BCUT2D eigenvalue weighted by Gasteiger charge is -2.28. The van der Waals surface area contributed by atoms with E-state index in [1.165, 1.54) is 11.4 Å². The van der Waals surface area contributed by atoms with E-state index in [4.69, 9.17) is 4.74 Å². The first-order valence-corrected chi connectivity index (χ1v) is 10.7. The van der Waals surface area contributed by atoms with Crippen molar-refractivity contribution in [2.45, 2.75) is 52.7 Å². The fourth-order valence-electron chi connectivity index (χ4n) is 2.06. The summed E-state index contributed by atoms with van der Waals surface area (Å²) in [5.41, 5.74) is 1.15. The van der Waals surface area contributed by atoms with Crippen LogP contribution in [0.1, 0.15) is 50.7 Å². The fraction of sp³-hybridized carbons (Fsp3) is 0.562. The van der Waals surface area contributed by atoms with E-state index in [0.29, 0.717) is 6.29 Å². The molecule has 158 valence electrons. The summed E-state index contributed by atoms with van der Waals surface area (Å²) in [5.74, 6) is -1.28. The number of hydrazine groups is 1. The van der Waals surface area contributed by atoms with Crippen molar-refractivity contribution in [3.05, 3.63) is 16.3 Å². The second kappa shape index (κ2) is 9.34. The molecule has 0 aliphatic carbocycles. The molecule has 1 amide bonds. The molecule has 1 aromatic rings. The Kier molecular flexibility index (Phi) is 7.96. The van der Waals surface area contributed by atoms with Crippen molar-refractivity contribution in [2.24, 2.45) is 5.92 Å². The van der Waals surface area contributed by atoms with Crippen LogP contribution < -0.4 is 10.1 Å². The van der Waals surface area contributed by atoms with Gasteiger partial charge in [-0.05, 0) is 44.6 Å². The van der Waals surface area contributed by atoms with E-state index in [9.17, 15) is 27.9 Å². The van der Waals surface area contributed by atoms with E-state index >= 15 is 0 Å². The molecule has 0 spiro atoms. The lowest BCUT2D eigenvalue weighted by atomic mass is 10.1. The number of thiophene rings is 1. The zero-order valence-corrected chi connectivity index (χ0v) is 17.9. The number of aldehydes is 1. The smallest absolute Gasteiger partial charge is 0.444 e. The van der Waals surface area contributed by atoms with E-state index in [2.05, 4.69) is 10.1 Å². The van der Waals surface area contributed by atoms with Crippen LogP contribution in [0.3, 0.4) is 0 Å². The molecule has 0 saturated heterocycles. The van der Waals surface area contributed by atoms with Crippen LogP contribution in [0.15, 0.2) is 11.4 Å². The maximum atomic E-state index is 12.8. The molecule has 28 heavy (non-hydrogen) atoms. The van der Waals surface area contributed by atoms with Gasteiger partial charge in [0, 0.05) is 0 Å². The normalized spacial score (nSPS) is 13.1. The number of ether oxygens (including phenoxy) is 1. The van der Waals surface area contributed by atoms with Gasteiger partial charge in [-0.25, -0.2) is 9.59 Å². The van der Waals surface area contributed by atoms with Gasteiger partial charge in [0.2, 0.25) is 0 Å². The summed E-state index contributed by atoms with van der Waals surface area (Å²) in [7, 11) is -4.59. The molecule has 1 heterocycles. The second-order valence-corrected chi connectivity index (χ2v) is 9.79. The van der Waals surface area contributed by atoms with Crippen LogP contribution in [0.4, 0.5) is 10.5 Å². The highest BCUT2D eigenvalue weighted by Gasteiger charge is 2.35. The number of carboxylic acid groups (broad SMARTS) is 1. The summed E-state index contributed by atoms with van der Waals surface area (Å²) in [6.07, 6.45) is -0.640. The molecule has 12 heteroatoms. The number of carbonyl (C=O) groups is 3. The van der Waals surface area contributed by atoms with Gasteiger partial charge in [-0.1, -0.05) is 18.3 Å². The third-order valence-corrected chi connectivity index (χ3v) is 5.30. The molecular weight excluding hydrogens is 410 g/mol. The number of carbonyl (C=O) groups excluding carboxylic acids is 2. The number of aromatic carboxylic acids is 1. The third-order valence-electron chi connectivity index (χ3n) is 3.07. The molecule has 0 saturated carbocycles. The Morgan fingerprint density at radius 2 is 1.96 bits per heavy atom. The zero-order valence-electron chi connectivity index (χ0n) is 16.3. The van der Waals surface area contributed by atoms with E-state index < -0.39 is 33.9 Å². The topological polar surface area (TPSA) is 142 Å². The van der Waals surface area contributed by atoms with Gasteiger partial charge in [-0.2, -0.15) is 13.1 Å². The Labute approximate surface area is 168 Å². The first kappa shape index (κ1) is 23.9. The van der Waals surface area contributed by atoms with Crippen LogP contribution in [0, 0.1) is 5.92 Å². The summed E-state index contributed by atoms with van der Waals surface area (Å²) in [6, 6.07) is 0.241. The number of carboxylic acids is 1. The van der Waals surface area contributed by atoms with Crippen molar-refractivity contribution in [2.75, 3.05) is 5.43 Å². The minimum absolute atomic E-state index is 0.0105. The predicted molar refractivity (Wildman–Crippen MR) is 104 cm³/mol. The highest BCUT2D eigenvalue weighted by Crippen LogP contribution is 2.24. The van der Waals surface area contributed by atoms with Crippen LogP contribution in [0.5, 0.6) is 0 Å². The highest BCUT2D eigenvalue weighted by molar-refractivity contribution is 7.87. The third kappa shape index (κ3) is 7.09. The number of nitrogens with zero attached hydrogens (tertiary/aromatic N) is 1. The largest absolute Gasteiger partial charge is 0.477 e. The maximum absolute atomic E-state index is 12.8. The Bertz CT molecular complexity index is 812. The van der Waals surface area contributed by atoms with E-state index in [-0.39, 0.29) is 27.3 Å². The number of amides is 1. The molecule has 0 bridgehead atoms. The van der Waals surface area contributed by atoms with Gasteiger partial charge in [0.05, 0.1) is 11.7 Å². The fourth-order valence-corrected chi connectivity index (χ4v) is 3.84. The molecule has 0 aliphatic rings. The summed E-state index contributed by atoms with van der Waals surface area (Å²) >= 11 is 0.850. The SMILES string of the molecule is CC(C)C[C@@H](C=O)NS(=O)(=O)N(Nc1ccsc1C(=O)O)C(=O)OC(C)(C)C.